The Morgan fingerprint density at radius 2 is 1.96 bits per heavy atom. The number of benzene rings is 2. The number of hydrazine groups is 1. The van der Waals surface area contributed by atoms with Crippen LogP contribution in [0.5, 0.6) is 5.75 Å². The molecule has 0 bridgehead atoms. The Morgan fingerprint density at radius 3 is 2.62 bits per heavy atom. The van der Waals surface area contributed by atoms with Crippen molar-refractivity contribution >= 4 is 44.2 Å². The predicted octanol–water partition coefficient (Wildman–Crippen LogP) is 3.99. The van der Waals surface area contributed by atoms with Crippen molar-refractivity contribution in [3.05, 3.63) is 52.6 Å². The number of hydrogen-bond acceptors (Lipinski definition) is 5. The summed E-state index contributed by atoms with van der Waals surface area (Å²) < 4.78 is 33.0. The third-order valence-corrected chi connectivity index (χ3v) is 4.58. The highest BCUT2D eigenvalue weighted by Crippen LogP contribution is 2.37. The first-order chi connectivity index (χ1) is 11.5. The fourth-order valence-corrected chi connectivity index (χ4v) is 3.17. The normalized spacial score (nSPS) is 10.7. The van der Waals surface area contributed by atoms with Gasteiger partial charge in [-0.1, -0.05) is 29.0 Å². The molecule has 2 aromatic carbocycles. The molecule has 3 rings (SSSR count). The van der Waals surface area contributed by atoms with E-state index in [9.17, 15) is 13.6 Å². The molecule has 0 atom stereocenters. The lowest BCUT2D eigenvalue weighted by Crippen LogP contribution is -2.30. The number of hydrogen-bond donors (Lipinski definition) is 2. The van der Waals surface area contributed by atoms with Gasteiger partial charge in [-0.25, -0.2) is 13.8 Å². The molecule has 0 saturated carbocycles. The standard InChI is InChI=1S/C15H10ClF2N3O2S/c1-23-10-6-5-7(16)13-12(10)19-15(24-13)21-20-14(22)11-8(17)3-2-4-9(11)18/h2-6H,1H3,(H,19,21)(H,20,22). The Hall–Kier alpha value is -2.45. The average Bonchev–Trinajstić information content (AvgIpc) is 2.98. The Morgan fingerprint density at radius 1 is 1.25 bits per heavy atom. The van der Waals surface area contributed by atoms with E-state index in [-0.39, 0.29) is 0 Å². The topological polar surface area (TPSA) is 63.2 Å². The second-order valence-corrected chi connectivity index (χ2v) is 6.03. The second kappa shape index (κ2) is 6.58. The number of thiazole rings is 1. The van der Waals surface area contributed by atoms with E-state index in [0.29, 0.717) is 26.1 Å². The molecule has 1 amide bonds. The van der Waals surface area contributed by atoms with Gasteiger partial charge in [0.25, 0.3) is 5.91 Å². The first-order valence-corrected chi connectivity index (χ1v) is 7.84. The SMILES string of the molecule is COc1ccc(Cl)c2sc(NNC(=O)c3c(F)cccc3F)nc12. The van der Waals surface area contributed by atoms with Gasteiger partial charge in [0, 0.05) is 0 Å². The number of rotatable bonds is 4. The zero-order valence-corrected chi connectivity index (χ0v) is 13.8. The average molecular weight is 370 g/mol. The Bertz CT molecular complexity index is 912. The Balaban J connectivity index is 1.83. The zero-order chi connectivity index (χ0) is 17.3. The van der Waals surface area contributed by atoms with E-state index in [1.165, 1.54) is 13.2 Å². The molecule has 24 heavy (non-hydrogen) atoms. The van der Waals surface area contributed by atoms with Crippen LogP contribution in [0, 0.1) is 11.6 Å². The number of amides is 1. The Kier molecular flexibility index (Phi) is 4.50. The smallest absolute Gasteiger partial charge is 0.275 e. The molecule has 0 aliphatic rings. The van der Waals surface area contributed by atoms with Crippen molar-refractivity contribution in [2.24, 2.45) is 0 Å². The van der Waals surface area contributed by atoms with E-state index < -0.39 is 23.1 Å². The summed E-state index contributed by atoms with van der Waals surface area (Å²) in [6, 6.07) is 6.51. The highest BCUT2D eigenvalue weighted by molar-refractivity contribution is 7.22. The third-order valence-electron chi connectivity index (χ3n) is 3.15. The second-order valence-electron chi connectivity index (χ2n) is 4.62. The van der Waals surface area contributed by atoms with Gasteiger partial charge in [0.2, 0.25) is 5.13 Å². The fraction of sp³-hybridized carbons (Fsp3) is 0.0667. The number of carbonyl (C=O) groups excluding carboxylic acids is 1. The number of ether oxygens (including phenoxy) is 1. The van der Waals surface area contributed by atoms with Gasteiger partial charge in [0.1, 0.15) is 28.5 Å². The lowest BCUT2D eigenvalue weighted by molar-refractivity contribution is 0.0954. The molecule has 0 fully saturated rings. The van der Waals surface area contributed by atoms with Gasteiger partial charge in [-0.3, -0.25) is 15.6 Å². The summed E-state index contributed by atoms with van der Waals surface area (Å²) in [6.07, 6.45) is 0. The number of anilines is 1. The van der Waals surface area contributed by atoms with Crippen LogP contribution in [0.2, 0.25) is 5.02 Å². The van der Waals surface area contributed by atoms with E-state index in [1.807, 2.05) is 0 Å². The number of nitrogens with one attached hydrogen (secondary N) is 2. The molecule has 1 aromatic heterocycles. The summed E-state index contributed by atoms with van der Waals surface area (Å²) in [4.78, 5) is 16.2. The van der Waals surface area contributed by atoms with Gasteiger partial charge < -0.3 is 4.74 Å². The maximum atomic E-state index is 13.6. The minimum atomic E-state index is -0.956. The molecule has 0 aliphatic carbocycles. The van der Waals surface area contributed by atoms with Crippen LogP contribution in [-0.2, 0) is 0 Å². The van der Waals surface area contributed by atoms with Crippen LogP contribution >= 0.6 is 22.9 Å². The molecule has 0 spiro atoms. The van der Waals surface area contributed by atoms with Crippen LogP contribution in [0.4, 0.5) is 13.9 Å². The van der Waals surface area contributed by atoms with Crippen molar-refractivity contribution in [2.75, 3.05) is 12.5 Å². The van der Waals surface area contributed by atoms with Gasteiger partial charge in [-0.05, 0) is 24.3 Å². The van der Waals surface area contributed by atoms with E-state index >= 15 is 0 Å². The molecule has 5 nitrogen and oxygen atoms in total. The molecule has 124 valence electrons. The zero-order valence-electron chi connectivity index (χ0n) is 12.2. The molecule has 3 aromatic rings. The summed E-state index contributed by atoms with van der Waals surface area (Å²) in [5.74, 6) is -2.35. The molecule has 1 heterocycles. The van der Waals surface area contributed by atoms with Gasteiger partial charge in [0.15, 0.2) is 0 Å². The minimum Gasteiger partial charge on any atom is -0.494 e. The lowest BCUT2D eigenvalue weighted by Gasteiger charge is -2.07. The molecule has 0 saturated heterocycles. The summed E-state index contributed by atoms with van der Waals surface area (Å²) in [5.41, 5.74) is 4.57. The summed E-state index contributed by atoms with van der Waals surface area (Å²) in [7, 11) is 1.50. The summed E-state index contributed by atoms with van der Waals surface area (Å²) in [6.45, 7) is 0. The van der Waals surface area contributed by atoms with E-state index in [4.69, 9.17) is 16.3 Å². The van der Waals surface area contributed by atoms with Gasteiger partial charge in [-0.15, -0.1) is 0 Å². The maximum Gasteiger partial charge on any atom is 0.275 e. The third kappa shape index (κ3) is 2.98. The minimum absolute atomic E-state index is 0.293. The molecule has 2 N–H and O–H groups in total. The molecule has 9 heteroatoms. The summed E-state index contributed by atoms with van der Waals surface area (Å²) >= 11 is 7.26. The van der Waals surface area contributed by atoms with Crippen LogP contribution in [0.1, 0.15) is 10.4 Å². The number of methoxy groups -OCH3 is 1. The Labute approximate surface area is 144 Å². The molecular formula is C15H10ClF2N3O2S. The van der Waals surface area contributed by atoms with Crippen molar-refractivity contribution in [1.82, 2.24) is 10.4 Å². The van der Waals surface area contributed by atoms with Crippen LogP contribution in [0.25, 0.3) is 10.2 Å². The van der Waals surface area contributed by atoms with Crippen LogP contribution < -0.4 is 15.6 Å². The summed E-state index contributed by atoms with van der Waals surface area (Å²) in [5, 5.41) is 0.768. The number of carbonyl (C=O) groups is 1. The van der Waals surface area contributed by atoms with Crippen molar-refractivity contribution < 1.29 is 18.3 Å². The molecular weight excluding hydrogens is 360 g/mol. The first kappa shape index (κ1) is 16.4. The monoisotopic (exact) mass is 369 g/mol. The van der Waals surface area contributed by atoms with Crippen LogP contribution in [-0.4, -0.2) is 18.0 Å². The van der Waals surface area contributed by atoms with Crippen molar-refractivity contribution in [2.45, 2.75) is 0 Å². The number of nitrogens with zero attached hydrogens (tertiary/aromatic N) is 1. The predicted molar refractivity (Wildman–Crippen MR) is 88.6 cm³/mol. The van der Waals surface area contributed by atoms with Crippen molar-refractivity contribution in [3.8, 4) is 5.75 Å². The fourth-order valence-electron chi connectivity index (χ4n) is 2.06. The highest BCUT2D eigenvalue weighted by Gasteiger charge is 2.18. The van der Waals surface area contributed by atoms with Crippen LogP contribution in [0.15, 0.2) is 30.3 Å². The number of fused-ring (bicyclic) bond motifs is 1. The van der Waals surface area contributed by atoms with Gasteiger partial charge in [0.05, 0.1) is 16.8 Å². The largest absolute Gasteiger partial charge is 0.494 e. The van der Waals surface area contributed by atoms with Crippen LogP contribution in [0.3, 0.4) is 0 Å². The quantitative estimate of drug-likeness (QED) is 0.682. The molecule has 0 radical (unpaired) electrons. The lowest BCUT2D eigenvalue weighted by atomic mass is 10.2. The number of aromatic nitrogens is 1. The highest BCUT2D eigenvalue weighted by atomic mass is 35.5. The van der Waals surface area contributed by atoms with Gasteiger partial charge in [-0.2, -0.15) is 0 Å². The first-order valence-electron chi connectivity index (χ1n) is 6.64. The van der Waals surface area contributed by atoms with Gasteiger partial charge >= 0.3 is 0 Å². The van der Waals surface area contributed by atoms with Crippen molar-refractivity contribution in [1.29, 1.82) is 0 Å². The number of halogens is 3. The van der Waals surface area contributed by atoms with E-state index in [0.717, 1.165) is 23.5 Å². The van der Waals surface area contributed by atoms with E-state index in [2.05, 4.69) is 15.8 Å². The molecule has 0 unspecified atom stereocenters. The molecule has 0 aliphatic heterocycles. The van der Waals surface area contributed by atoms with Crippen molar-refractivity contribution in [3.63, 3.8) is 0 Å². The maximum absolute atomic E-state index is 13.6. The van der Waals surface area contributed by atoms with E-state index in [1.54, 1.807) is 12.1 Å².